The van der Waals surface area contributed by atoms with Crippen LogP contribution in [0.3, 0.4) is 0 Å². The van der Waals surface area contributed by atoms with E-state index < -0.39 is 30.3 Å². The minimum atomic E-state index is -1.07. The van der Waals surface area contributed by atoms with Gasteiger partial charge in [-0.05, 0) is 47.7 Å². The average molecular weight is 458 g/mol. The largest absolute Gasteiger partial charge is 0.482 e. The summed E-state index contributed by atoms with van der Waals surface area (Å²) >= 11 is 0. The summed E-state index contributed by atoms with van der Waals surface area (Å²) in [7, 11) is 0. The molecule has 1 saturated heterocycles. The van der Waals surface area contributed by atoms with Gasteiger partial charge in [0.2, 0.25) is 5.91 Å². The molecular weight excluding hydrogens is 425 g/mol. The number of halogens is 1. The van der Waals surface area contributed by atoms with Crippen molar-refractivity contribution < 1.29 is 28.6 Å². The number of ether oxygens (including phenoxy) is 2. The first-order valence-electron chi connectivity index (χ1n) is 11.0. The SMILES string of the molecule is CC(=O)N[C@]1(C)C[C@@H](c2ccc(F)cc2)O[C@@H](c2cc(C(C)(C)C)ccc2OCC(=O)O)C1. The van der Waals surface area contributed by atoms with Crippen LogP contribution in [-0.4, -0.2) is 29.1 Å². The highest BCUT2D eigenvalue weighted by atomic mass is 19.1. The Hall–Kier alpha value is -2.93. The van der Waals surface area contributed by atoms with Gasteiger partial charge in [0.15, 0.2) is 6.61 Å². The molecule has 0 bridgehead atoms. The molecule has 7 heteroatoms. The molecule has 1 aliphatic rings. The van der Waals surface area contributed by atoms with E-state index in [2.05, 4.69) is 26.1 Å². The van der Waals surface area contributed by atoms with Crippen LogP contribution in [0.25, 0.3) is 0 Å². The molecule has 0 unspecified atom stereocenters. The number of carbonyl (C=O) groups is 2. The maximum Gasteiger partial charge on any atom is 0.341 e. The van der Waals surface area contributed by atoms with Crippen molar-refractivity contribution in [3.05, 3.63) is 65.0 Å². The fraction of sp³-hybridized carbons (Fsp3) is 0.462. The minimum absolute atomic E-state index is 0.147. The van der Waals surface area contributed by atoms with Crippen molar-refractivity contribution in [2.75, 3.05) is 6.61 Å². The summed E-state index contributed by atoms with van der Waals surface area (Å²) in [6, 6.07) is 11.8. The molecule has 2 aromatic carbocycles. The zero-order valence-corrected chi connectivity index (χ0v) is 19.8. The van der Waals surface area contributed by atoms with E-state index in [1.165, 1.54) is 19.1 Å². The monoisotopic (exact) mass is 457 g/mol. The van der Waals surface area contributed by atoms with Crippen molar-refractivity contribution in [1.29, 1.82) is 0 Å². The van der Waals surface area contributed by atoms with Crippen LogP contribution in [0.2, 0.25) is 0 Å². The third-order valence-electron chi connectivity index (χ3n) is 5.89. The predicted octanol–water partition coefficient (Wildman–Crippen LogP) is 5.07. The summed E-state index contributed by atoms with van der Waals surface area (Å²) in [4.78, 5) is 23.1. The number of nitrogens with one attached hydrogen (secondary N) is 1. The van der Waals surface area contributed by atoms with Crippen molar-refractivity contribution in [2.24, 2.45) is 0 Å². The lowest BCUT2D eigenvalue weighted by molar-refractivity contribution is -0.139. The zero-order valence-electron chi connectivity index (χ0n) is 19.8. The fourth-order valence-corrected chi connectivity index (χ4v) is 4.32. The number of hydrogen-bond acceptors (Lipinski definition) is 4. The van der Waals surface area contributed by atoms with Crippen molar-refractivity contribution in [3.8, 4) is 5.75 Å². The molecule has 6 nitrogen and oxygen atoms in total. The van der Waals surface area contributed by atoms with Gasteiger partial charge in [-0.3, -0.25) is 4.79 Å². The number of hydrogen-bond donors (Lipinski definition) is 2. The molecule has 3 atom stereocenters. The summed E-state index contributed by atoms with van der Waals surface area (Å²) in [5, 5.41) is 12.2. The van der Waals surface area contributed by atoms with Gasteiger partial charge >= 0.3 is 5.97 Å². The Morgan fingerprint density at radius 1 is 1.15 bits per heavy atom. The number of aliphatic carboxylic acids is 1. The molecule has 2 N–H and O–H groups in total. The quantitative estimate of drug-likeness (QED) is 0.632. The number of rotatable bonds is 6. The number of carbonyl (C=O) groups excluding carboxylic acids is 1. The van der Waals surface area contributed by atoms with Gasteiger partial charge < -0.3 is 19.9 Å². The van der Waals surface area contributed by atoms with Crippen LogP contribution in [0.15, 0.2) is 42.5 Å². The molecule has 33 heavy (non-hydrogen) atoms. The van der Waals surface area contributed by atoms with E-state index in [1.54, 1.807) is 18.2 Å². The van der Waals surface area contributed by atoms with Gasteiger partial charge in [0.25, 0.3) is 0 Å². The highest BCUT2D eigenvalue weighted by molar-refractivity contribution is 5.73. The second kappa shape index (κ2) is 9.51. The van der Waals surface area contributed by atoms with Gasteiger partial charge in [-0.25, -0.2) is 9.18 Å². The molecule has 3 rings (SSSR count). The molecule has 1 heterocycles. The first-order chi connectivity index (χ1) is 15.4. The van der Waals surface area contributed by atoms with E-state index in [0.717, 1.165) is 16.7 Å². The van der Waals surface area contributed by atoms with E-state index in [1.807, 2.05) is 19.1 Å². The van der Waals surface area contributed by atoms with Crippen LogP contribution < -0.4 is 10.1 Å². The number of carboxylic acid groups (broad SMARTS) is 1. The lowest BCUT2D eigenvalue weighted by Gasteiger charge is -2.43. The van der Waals surface area contributed by atoms with E-state index in [-0.39, 0.29) is 17.1 Å². The predicted molar refractivity (Wildman–Crippen MR) is 123 cm³/mol. The van der Waals surface area contributed by atoms with E-state index in [9.17, 15) is 14.0 Å². The molecule has 0 spiro atoms. The van der Waals surface area contributed by atoms with E-state index in [0.29, 0.717) is 18.6 Å². The normalized spacial score (nSPS) is 23.1. The third-order valence-corrected chi connectivity index (χ3v) is 5.89. The fourth-order valence-electron chi connectivity index (χ4n) is 4.32. The maximum absolute atomic E-state index is 13.5. The first-order valence-corrected chi connectivity index (χ1v) is 11.0. The molecule has 0 aromatic heterocycles. The molecule has 1 amide bonds. The maximum atomic E-state index is 13.5. The van der Waals surface area contributed by atoms with Crippen molar-refractivity contribution >= 4 is 11.9 Å². The molecule has 1 aliphatic heterocycles. The summed E-state index contributed by atoms with van der Waals surface area (Å²) in [6.45, 7) is 9.24. The number of benzene rings is 2. The van der Waals surface area contributed by atoms with Crippen LogP contribution in [0.5, 0.6) is 5.75 Å². The third kappa shape index (κ3) is 6.32. The Morgan fingerprint density at radius 2 is 1.79 bits per heavy atom. The lowest BCUT2D eigenvalue weighted by Crippen LogP contribution is -2.50. The van der Waals surface area contributed by atoms with Crippen LogP contribution >= 0.6 is 0 Å². The van der Waals surface area contributed by atoms with Crippen LogP contribution in [0, 0.1) is 5.82 Å². The van der Waals surface area contributed by atoms with Gasteiger partial charge in [0.1, 0.15) is 11.6 Å². The molecule has 0 aliphatic carbocycles. The van der Waals surface area contributed by atoms with Gasteiger partial charge in [0.05, 0.1) is 12.2 Å². The molecular formula is C26H32FNO5. The smallest absolute Gasteiger partial charge is 0.341 e. The average Bonchev–Trinajstić information content (AvgIpc) is 2.70. The second-order valence-electron chi connectivity index (χ2n) is 10.0. The Labute approximate surface area is 194 Å². The second-order valence-corrected chi connectivity index (χ2v) is 10.0. The van der Waals surface area contributed by atoms with Crippen LogP contribution in [0.1, 0.15) is 76.4 Å². The summed E-state index contributed by atoms with van der Waals surface area (Å²) in [5.41, 5.74) is 1.85. The van der Waals surface area contributed by atoms with Crippen LogP contribution in [0.4, 0.5) is 4.39 Å². The van der Waals surface area contributed by atoms with E-state index in [4.69, 9.17) is 14.6 Å². The van der Waals surface area contributed by atoms with Crippen molar-refractivity contribution in [3.63, 3.8) is 0 Å². The summed E-state index contributed by atoms with van der Waals surface area (Å²) in [5.74, 6) is -1.13. The van der Waals surface area contributed by atoms with Gasteiger partial charge in [-0.1, -0.05) is 39.0 Å². The molecule has 178 valence electrons. The molecule has 0 radical (unpaired) electrons. The minimum Gasteiger partial charge on any atom is -0.482 e. The van der Waals surface area contributed by atoms with Crippen molar-refractivity contribution in [2.45, 2.75) is 70.6 Å². The molecule has 1 fully saturated rings. The number of carboxylic acids is 1. The summed E-state index contributed by atoms with van der Waals surface area (Å²) < 4.78 is 25.6. The Bertz CT molecular complexity index is 1010. The topological polar surface area (TPSA) is 84.9 Å². The van der Waals surface area contributed by atoms with E-state index >= 15 is 0 Å². The Morgan fingerprint density at radius 3 is 2.36 bits per heavy atom. The Balaban J connectivity index is 2.05. The van der Waals surface area contributed by atoms with Crippen molar-refractivity contribution in [1.82, 2.24) is 5.32 Å². The highest BCUT2D eigenvalue weighted by Crippen LogP contribution is 2.46. The zero-order chi connectivity index (χ0) is 24.4. The number of amides is 1. The van der Waals surface area contributed by atoms with Crippen LogP contribution in [-0.2, 0) is 19.7 Å². The first kappa shape index (κ1) is 24.7. The molecule has 2 aromatic rings. The highest BCUT2D eigenvalue weighted by Gasteiger charge is 2.41. The van der Waals surface area contributed by atoms with Gasteiger partial charge in [-0.2, -0.15) is 0 Å². The standard InChI is InChI=1S/C26H32FNO5/c1-16(29)28-26(5)13-22(17-6-9-19(27)10-7-17)33-23(14-26)20-12-18(25(2,3)4)8-11-21(20)32-15-24(30)31/h6-12,22-23H,13-15H2,1-5H3,(H,28,29)(H,30,31)/t22-,23+,26+/m0/s1. The summed E-state index contributed by atoms with van der Waals surface area (Å²) in [6.07, 6.45) is 0.115. The van der Waals surface area contributed by atoms with Gasteiger partial charge in [-0.15, -0.1) is 0 Å². The Kier molecular flexibility index (Phi) is 7.12. The lowest BCUT2D eigenvalue weighted by atomic mass is 9.79. The van der Waals surface area contributed by atoms with Gasteiger partial charge in [0, 0.05) is 30.9 Å². The molecule has 0 saturated carbocycles.